The lowest BCUT2D eigenvalue weighted by Gasteiger charge is -2.08. The predicted molar refractivity (Wildman–Crippen MR) is 122 cm³/mol. The average Bonchev–Trinajstić information content (AvgIpc) is 3.20. The Bertz CT molecular complexity index is 1380. The molecular formula is C22H19ClN6O4. The normalized spacial score (nSPS) is 10.9. The molecule has 4 rings (SSSR count). The van der Waals surface area contributed by atoms with Gasteiger partial charge in [0.1, 0.15) is 11.7 Å². The first kappa shape index (κ1) is 22.2. The molecule has 11 heteroatoms. The number of fused-ring (bicyclic) bond motifs is 1. The summed E-state index contributed by atoms with van der Waals surface area (Å²) in [7, 11) is 0. The van der Waals surface area contributed by atoms with Crippen molar-refractivity contribution in [3.8, 4) is 0 Å². The fraction of sp³-hybridized carbons (Fsp3) is 0.182. The lowest BCUT2D eigenvalue weighted by atomic mass is 10.1. The molecule has 0 aliphatic rings. The standard InChI is InChI=1S/C22H19ClN6O4/c23-17-3-1-2-16(10-17)13-27-14-25-21-19(22(27)31)12-26-28(21)9-8-24-20(30)11-15-4-6-18(7-5-15)29(32)33/h1-7,10,12,14H,8-9,11,13H2,(H,24,30). The summed E-state index contributed by atoms with van der Waals surface area (Å²) in [4.78, 5) is 39.6. The molecule has 2 aromatic heterocycles. The van der Waals surface area contributed by atoms with Gasteiger partial charge in [-0.15, -0.1) is 0 Å². The summed E-state index contributed by atoms with van der Waals surface area (Å²) in [6, 6.07) is 13.1. The molecule has 1 N–H and O–H groups in total. The van der Waals surface area contributed by atoms with Gasteiger partial charge in [0.05, 0.1) is 30.6 Å². The number of amides is 1. The molecule has 2 heterocycles. The van der Waals surface area contributed by atoms with Crippen LogP contribution < -0.4 is 10.9 Å². The van der Waals surface area contributed by atoms with E-state index in [9.17, 15) is 19.7 Å². The summed E-state index contributed by atoms with van der Waals surface area (Å²) in [5.41, 5.74) is 1.75. The zero-order chi connectivity index (χ0) is 23.4. The van der Waals surface area contributed by atoms with Crippen molar-refractivity contribution >= 4 is 34.2 Å². The van der Waals surface area contributed by atoms with Gasteiger partial charge in [0.2, 0.25) is 5.91 Å². The second kappa shape index (κ2) is 9.61. The van der Waals surface area contributed by atoms with E-state index in [4.69, 9.17) is 11.6 Å². The number of aromatic nitrogens is 4. The Morgan fingerprint density at radius 1 is 1.15 bits per heavy atom. The van der Waals surface area contributed by atoms with Crippen LogP contribution in [0.15, 0.2) is 65.8 Å². The molecule has 2 aromatic carbocycles. The maximum Gasteiger partial charge on any atom is 0.269 e. The highest BCUT2D eigenvalue weighted by Gasteiger charge is 2.12. The van der Waals surface area contributed by atoms with Gasteiger partial charge < -0.3 is 5.32 Å². The van der Waals surface area contributed by atoms with Crippen LogP contribution in [0.4, 0.5) is 5.69 Å². The molecule has 0 saturated heterocycles. The Kier molecular flexibility index (Phi) is 6.45. The summed E-state index contributed by atoms with van der Waals surface area (Å²) in [5, 5.41) is 18.7. The van der Waals surface area contributed by atoms with Gasteiger partial charge in [0.25, 0.3) is 11.2 Å². The number of nitrogens with one attached hydrogen (secondary N) is 1. The van der Waals surface area contributed by atoms with Crippen molar-refractivity contribution in [2.45, 2.75) is 19.5 Å². The summed E-state index contributed by atoms with van der Waals surface area (Å²) in [5.74, 6) is -0.225. The number of nitro groups is 1. The van der Waals surface area contributed by atoms with Gasteiger partial charge in [-0.2, -0.15) is 5.10 Å². The molecule has 0 spiro atoms. The summed E-state index contributed by atoms with van der Waals surface area (Å²) < 4.78 is 3.05. The molecule has 1 amide bonds. The van der Waals surface area contributed by atoms with Crippen LogP contribution in [0.25, 0.3) is 11.0 Å². The maximum atomic E-state index is 12.8. The first-order valence-electron chi connectivity index (χ1n) is 10.1. The minimum atomic E-state index is -0.488. The third-order valence-corrected chi connectivity index (χ3v) is 5.26. The maximum absolute atomic E-state index is 12.8. The molecule has 168 valence electrons. The summed E-state index contributed by atoms with van der Waals surface area (Å²) >= 11 is 6.01. The molecule has 4 aromatic rings. The van der Waals surface area contributed by atoms with E-state index in [1.165, 1.54) is 29.2 Å². The molecule has 0 saturated carbocycles. The molecular weight excluding hydrogens is 448 g/mol. The summed E-state index contributed by atoms with van der Waals surface area (Å²) in [6.07, 6.45) is 3.04. The number of benzene rings is 2. The molecule has 0 radical (unpaired) electrons. The van der Waals surface area contributed by atoms with Gasteiger partial charge in [0, 0.05) is 23.7 Å². The molecule has 0 bridgehead atoms. The molecule has 0 unspecified atom stereocenters. The zero-order valence-electron chi connectivity index (χ0n) is 17.3. The minimum Gasteiger partial charge on any atom is -0.354 e. The highest BCUT2D eigenvalue weighted by atomic mass is 35.5. The second-order valence-corrected chi connectivity index (χ2v) is 7.80. The fourth-order valence-corrected chi connectivity index (χ4v) is 3.60. The number of hydrogen-bond donors (Lipinski definition) is 1. The van der Waals surface area contributed by atoms with E-state index in [1.54, 1.807) is 28.9 Å². The minimum absolute atomic E-state index is 0.0242. The van der Waals surface area contributed by atoms with Gasteiger partial charge >= 0.3 is 0 Å². The van der Waals surface area contributed by atoms with Crippen molar-refractivity contribution in [1.82, 2.24) is 24.6 Å². The third kappa shape index (κ3) is 5.24. The molecule has 0 fully saturated rings. The Balaban J connectivity index is 1.37. The van der Waals surface area contributed by atoms with Crippen LogP contribution in [0.1, 0.15) is 11.1 Å². The highest BCUT2D eigenvalue weighted by Crippen LogP contribution is 2.13. The largest absolute Gasteiger partial charge is 0.354 e. The number of hydrogen-bond acceptors (Lipinski definition) is 6. The van der Waals surface area contributed by atoms with Crippen LogP contribution in [0.2, 0.25) is 5.02 Å². The lowest BCUT2D eigenvalue weighted by Crippen LogP contribution is -2.29. The van der Waals surface area contributed by atoms with E-state index >= 15 is 0 Å². The van der Waals surface area contributed by atoms with E-state index in [2.05, 4.69) is 15.4 Å². The zero-order valence-corrected chi connectivity index (χ0v) is 18.1. The Labute approximate surface area is 192 Å². The number of carbonyl (C=O) groups is 1. The first-order valence-corrected chi connectivity index (χ1v) is 10.4. The number of carbonyl (C=O) groups excluding carboxylic acids is 1. The van der Waals surface area contributed by atoms with Gasteiger partial charge in [-0.1, -0.05) is 35.9 Å². The Hall–Kier alpha value is -4.05. The molecule has 10 nitrogen and oxygen atoms in total. The SMILES string of the molecule is O=C(Cc1ccc([N+](=O)[O-])cc1)NCCn1ncc2c(=O)n(Cc3cccc(Cl)c3)cnc21. The smallest absolute Gasteiger partial charge is 0.269 e. The van der Waals surface area contributed by atoms with Crippen LogP contribution in [0.3, 0.4) is 0 Å². The van der Waals surface area contributed by atoms with Gasteiger partial charge in [0.15, 0.2) is 5.65 Å². The van der Waals surface area contributed by atoms with Crippen LogP contribution in [-0.4, -0.2) is 36.7 Å². The topological polar surface area (TPSA) is 125 Å². The molecule has 33 heavy (non-hydrogen) atoms. The van der Waals surface area contributed by atoms with Gasteiger partial charge in [-0.3, -0.25) is 24.3 Å². The average molecular weight is 467 g/mol. The van der Waals surface area contributed by atoms with Crippen molar-refractivity contribution in [3.63, 3.8) is 0 Å². The molecule has 0 aliphatic carbocycles. The molecule has 0 aliphatic heterocycles. The highest BCUT2D eigenvalue weighted by molar-refractivity contribution is 6.30. The molecule has 0 atom stereocenters. The fourth-order valence-electron chi connectivity index (χ4n) is 3.39. The monoisotopic (exact) mass is 466 g/mol. The second-order valence-electron chi connectivity index (χ2n) is 7.36. The van der Waals surface area contributed by atoms with Crippen molar-refractivity contribution in [3.05, 3.63) is 97.7 Å². The van der Waals surface area contributed by atoms with Crippen LogP contribution in [0.5, 0.6) is 0 Å². The van der Waals surface area contributed by atoms with Crippen molar-refractivity contribution in [1.29, 1.82) is 0 Å². The number of non-ortho nitro benzene ring substituents is 1. The predicted octanol–water partition coefficient (Wildman–Crippen LogP) is 2.56. The van der Waals surface area contributed by atoms with Gasteiger partial charge in [-0.05, 0) is 23.3 Å². The third-order valence-electron chi connectivity index (χ3n) is 5.02. The van der Waals surface area contributed by atoms with Gasteiger partial charge in [-0.25, -0.2) is 9.67 Å². The number of nitro benzene ring substituents is 1. The Morgan fingerprint density at radius 3 is 2.67 bits per heavy atom. The number of rotatable bonds is 8. The summed E-state index contributed by atoms with van der Waals surface area (Å²) in [6.45, 7) is 0.961. The van der Waals surface area contributed by atoms with Crippen molar-refractivity contribution < 1.29 is 9.72 Å². The van der Waals surface area contributed by atoms with E-state index < -0.39 is 4.92 Å². The van der Waals surface area contributed by atoms with E-state index in [0.29, 0.717) is 34.7 Å². The van der Waals surface area contributed by atoms with Crippen molar-refractivity contribution in [2.24, 2.45) is 0 Å². The first-order chi connectivity index (χ1) is 15.9. The lowest BCUT2D eigenvalue weighted by molar-refractivity contribution is -0.384. The quantitative estimate of drug-likeness (QED) is 0.314. The van der Waals surface area contributed by atoms with Crippen LogP contribution in [0, 0.1) is 10.1 Å². The number of nitrogens with zero attached hydrogens (tertiary/aromatic N) is 5. The van der Waals surface area contributed by atoms with Crippen molar-refractivity contribution in [2.75, 3.05) is 6.54 Å². The van der Waals surface area contributed by atoms with E-state index in [1.807, 2.05) is 12.1 Å². The van der Waals surface area contributed by atoms with Crippen LogP contribution >= 0.6 is 11.6 Å². The van der Waals surface area contributed by atoms with Crippen LogP contribution in [-0.2, 0) is 24.3 Å². The number of halogens is 1. The van der Waals surface area contributed by atoms with E-state index in [-0.39, 0.29) is 30.1 Å². The Morgan fingerprint density at radius 2 is 1.94 bits per heavy atom. The van der Waals surface area contributed by atoms with E-state index in [0.717, 1.165) is 5.56 Å².